The van der Waals surface area contributed by atoms with Crippen LogP contribution in [0.15, 0.2) is 18.2 Å². The third-order valence-corrected chi connectivity index (χ3v) is 5.05. The van der Waals surface area contributed by atoms with Crippen molar-refractivity contribution in [2.24, 2.45) is 0 Å². The van der Waals surface area contributed by atoms with E-state index in [2.05, 4.69) is 0 Å². The Hall–Kier alpha value is -1.96. The van der Waals surface area contributed by atoms with Gasteiger partial charge in [0.2, 0.25) is 5.78 Å². The molecule has 0 fully saturated rings. The average molecular weight is 347 g/mol. The van der Waals surface area contributed by atoms with Gasteiger partial charge in [-0.25, -0.2) is 8.78 Å². The predicted molar refractivity (Wildman–Crippen MR) is 75.6 cm³/mol. The number of carbonyl (C=O) groups excluding carboxylic acids is 1. The maximum atomic E-state index is 13.8. The van der Waals surface area contributed by atoms with Crippen LogP contribution >= 0.6 is 11.3 Å². The number of alkyl halides is 3. The van der Waals surface area contributed by atoms with Crippen molar-refractivity contribution in [2.75, 3.05) is 5.73 Å². The SMILES string of the molecule is Nc1sc2c(c1C(=O)c1c(F)cccc1F)CCC2C(F)(F)F. The van der Waals surface area contributed by atoms with E-state index in [0.29, 0.717) is 11.3 Å². The lowest BCUT2D eigenvalue weighted by atomic mass is 9.99. The molecule has 1 atom stereocenters. The minimum atomic E-state index is -4.44. The Morgan fingerprint density at radius 3 is 2.35 bits per heavy atom. The Kier molecular flexibility index (Phi) is 3.66. The number of thiophene rings is 1. The van der Waals surface area contributed by atoms with Crippen LogP contribution in [0.25, 0.3) is 0 Å². The first-order valence-corrected chi connectivity index (χ1v) is 7.50. The summed E-state index contributed by atoms with van der Waals surface area (Å²) in [6.45, 7) is 0. The number of rotatable bonds is 2. The van der Waals surface area contributed by atoms with Crippen LogP contribution in [-0.2, 0) is 6.42 Å². The zero-order chi connectivity index (χ0) is 16.9. The van der Waals surface area contributed by atoms with Gasteiger partial charge in [-0.1, -0.05) is 6.07 Å². The smallest absolute Gasteiger partial charge is 0.390 e. The summed E-state index contributed by atoms with van der Waals surface area (Å²) in [4.78, 5) is 12.4. The van der Waals surface area contributed by atoms with Crippen molar-refractivity contribution in [3.8, 4) is 0 Å². The molecule has 1 aliphatic rings. The lowest BCUT2D eigenvalue weighted by Crippen LogP contribution is -2.17. The second kappa shape index (κ2) is 5.30. The van der Waals surface area contributed by atoms with Crippen LogP contribution in [0.5, 0.6) is 0 Å². The van der Waals surface area contributed by atoms with Crippen LogP contribution < -0.4 is 5.73 Å². The highest BCUT2D eigenvalue weighted by atomic mass is 32.1. The Balaban J connectivity index is 2.11. The Labute approximate surface area is 131 Å². The maximum Gasteiger partial charge on any atom is 0.396 e. The zero-order valence-corrected chi connectivity index (χ0v) is 12.3. The molecule has 2 nitrogen and oxygen atoms in total. The predicted octanol–water partition coefficient (Wildman–Crippen LogP) is 4.43. The van der Waals surface area contributed by atoms with Crippen molar-refractivity contribution in [1.29, 1.82) is 0 Å². The number of anilines is 1. The number of ketones is 1. The van der Waals surface area contributed by atoms with Crippen LogP contribution in [0.4, 0.5) is 27.0 Å². The van der Waals surface area contributed by atoms with E-state index in [-0.39, 0.29) is 33.8 Å². The van der Waals surface area contributed by atoms with Crippen LogP contribution in [0.2, 0.25) is 0 Å². The number of hydrogen-bond acceptors (Lipinski definition) is 3. The highest BCUT2D eigenvalue weighted by molar-refractivity contribution is 7.16. The lowest BCUT2D eigenvalue weighted by Gasteiger charge is -2.13. The van der Waals surface area contributed by atoms with Gasteiger partial charge in [0.15, 0.2) is 0 Å². The zero-order valence-electron chi connectivity index (χ0n) is 11.5. The fraction of sp³-hybridized carbons (Fsp3) is 0.267. The molecule has 2 aromatic rings. The van der Waals surface area contributed by atoms with E-state index in [9.17, 15) is 26.7 Å². The molecule has 1 aliphatic carbocycles. The molecule has 1 aromatic heterocycles. The quantitative estimate of drug-likeness (QED) is 0.645. The molecule has 2 N–H and O–H groups in total. The highest BCUT2D eigenvalue weighted by Gasteiger charge is 2.47. The molecule has 1 unspecified atom stereocenters. The van der Waals surface area contributed by atoms with Gasteiger partial charge in [-0.15, -0.1) is 11.3 Å². The van der Waals surface area contributed by atoms with E-state index in [1.54, 1.807) is 0 Å². The molecule has 0 saturated heterocycles. The number of nitrogen functional groups attached to an aromatic ring is 1. The third kappa shape index (κ3) is 2.50. The van der Waals surface area contributed by atoms with Crippen molar-refractivity contribution >= 4 is 22.1 Å². The molecular formula is C15H10F5NOS. The topological polar surface area (TPSA) is 43.1 Å². The molecule has 3 rings (SSSR count). The normalized spacial score (nSPS) is 17.3. The van der Waals surface area contributed by atoms with Crippen molar-refractivity contribution in [3.05, 3.63) is 51.4 Å². The van der Waals surface area contributed by atoms with Gasteiger partial charge in [0, 0.05) is 4.88 Å². The fourth-order valence-electron chi connectivity index (χ4n) is 2.85. The summed E-state index contributed by atoms with van der Waals surface area (Å²) in [5.74, 6) is -4.84. The van der Waals surface area contributed by atoms with E-state index in [1.165, 1.54) is 0 Å². The summed E-state index contributed by atoms with van der Waals surface area (Å²) < 4.78 is 66.5. The molecular weight excluding hydrogens is 337 g/mol. The minimum absolute atomic E-state index is 0.00432. The maximum absolute atomic E-state index is 13.8. The second-order valence-corrected chi connectivity index (χ2v) is 6.33. The number of fused-ring (bicyclic) bond motifs is 1. The summed E-state index contributed by atoms with van der Waals surface area (Å²) >= 11 is 0.665. The molecule has 1 aromatic carbocycles. The van der Waals surface area contributed by atoms with Crippen LogP contribution in [0, 0.1) is 11.6 Å². The van der Waals surface area contributed by atoms with E-state index in [4.69, 9.17) is 5.73 Å². The number of halogens is 5. The van der Waals surface area contributed by atoms with Crippen LogP contribution in [-0.4, -0.2) is 12.0 Å². The van der Waals surface area contributed by atoms with Gasteiger partial charge in [0.05, 0.1) is 22.0 Å². The second-order valence-electron chi connectivity index (χ2n) is 5.24. The fourth-order valence-corrected chi connectivity index (χ4v) is 4.13. The molecule has 0 spiro atoms. The van der Waals surface area contributed by atoms with Gasteiger partial charge in [0.25, 0.3) is 0 Å². The standard InChI is InChI=1S/C15H10F5NOS/c16-8-2-1-3-9(17)11(8)12(22)10-6-4-5-7(15(18,19)20)13(6)23-14(10)21/h1-3,7H,4-5,21H2. The average Bonchev–Trinajstić information content (AvgIpc) is 2.94. The molecule has 0 saturated carbocycles. The van der Waals surface area contributed by atoms with Crippen LogP contribution in [0.1, 0.15) is 38.7 Å². The van der Waals surface area contributed by atoms with Gasteiger partial charge in [0.1, 0.15) is 11.6 Å². The van der Waals surface area contributed by atoms with Crippen molar-refractivity contribution < 1.29 is 26.7 Å². The molecule has 1 heterocycles. The molecule has 0 aliphatic heterocycles. The number of hydrogen-bond donors (Lipinski definition) is 1. The summed E-state index contributed by atoms with van der Waals surface area (Å²) in [6.07, 6.45) is -4.62. The summed E-state index contributed by atoms with van der Waals surface area (Å²) in [6, 6.07) is 2.93. The molecule has 0 bridgehead atoms. The molecule has 0 radical (unpaired) electrons. The van der Waals surface area contributed by atoms with E-state index in [0.717, 1.165) is 18.2 Å². The van der Waals surface area contributed by atoms with Gasteiger partial charge in [-0.3, -0.25) is 4.79 Å². The van der Waals surface area contributed by atoms with Crippen molar-refractivity contribution in [3.63, 3.8) is 0 Å². The van der Waals surface area contributed by atoms with Crippen molar-refractivity contribution in [2.45, 2.75) is 24.9 Å². The largest absolute Gasteiger partial charge is 0.396 e. The first kappa shape index (κ1) is 15.9. The van der Waals surface area contributed by atoms with E-state index < -0.39 is 35.1 Å². The van der Waals surface area contributed by atoms with E-state index >= 15 is 0 Å². The van der Waals surface area contributed by atoms with Gasteiger partial charge in [-0.2, -0.15) is 13.2 Å². The molecule has 0 amide bonds. The molecule has 8 heteroatoms. The lowest BCUT2D eigenvalue weighted by molar-refractivity contribution is -0.149. The third-order valence-electron chi connectivity index (χ3n) is 3.88. The Morgan fingerprint density at radius 1 is 1.17 bits per heavy atom. The first-order chi connectivity index (χ1) is 10.7. The van der Waals surface area contributed by atoms with Gasteiger partial charge in [-0.05, 0) is 30.5 Å². The number of nitrogens with two attached hydrogens (primary N) is 1. The first-order valence-electron chi connectivity index (χ1n) is 6.68. The minimum Gasteiger partial charge on any atom is -0.390 e. The van der Waals surface area contributed by atoms with Crippen molar-refractivity contribution in [1.82, 2.24) is 0 Å². The molecule has 23 heavy (non-hydrogen) atoms. The van der Waals surface area contributed by atoms with Gasteiger partial charge < -0.3 is 5.73 Å². The summed E-state index contributed by atoms with van der Waals surface area (Å²) in [5, 5.41) is -0.142. The summed E-state index contributed by atoms with van der Waals surface area (Å²) in [7, 11) is 0. The molecule has 122 valence electrons. The van der Waals surface area contributed by atoms with E-state index in [1.807, 2.05) is 0 Å². The van der Waals surface area contributed by atoms with Gasteiger partial charge >= 0.3 is 6.18 Å². The van der Waals surface area contributed by atoms with Crippen LogP contribution in [0.3, 0.4) is 0 Å². The number of carbonyl (C=O) groups is 1. The Morgan fingerprint density at radius 2 is 1.78 bits per heavy atom. The highest BCUT2D eigenvalue weighted by Crippen LogP contribution is 2.51. The Bertz CT molecular complexity index is 776. The number of benzene rings is 1. The summed E-state index contributed by atoms with van der Waals surface area (Å²) in [5.41, 5.74) is 4.83. The monoisotopic (exact) mass is 347 g/mol.